The molecule has 1 aliphatic rings. The number of hydrogen-bond donors (Lipinski definition) is 0. The minimum absolute atomic E-state index is 0.395. The Hall–Kier alpha value is -0.270. The monoisotopic (exact) mass is 176 g/mol. The van der Waals surface area contributed by atoms with E-state index in [4.69, 9.17) is 23.2 Å². The summed E-state index contributed by atoms with van der Waals surface area (Å²) in [4.78, 5) is 9.41. The molecule has 0 bridgehead atoms. The van der Waals surface area contributed by atoms with Gasteiger partial charge >= 0.3 is 0 Å². The summed E-state index contributed by atoms with van der Waals surface area (Å²) in [7, 11) is 0. The van der Waals surface area contributed by atoms with Gasteiger partial charge in [-0.1, -0.05) is 23.8 Å². The van der Waals surface area contributed by atoms with Crippen LogP contribution in [0.15, 0.2) is 23.3 Å². The lowest BCUT2D eigenvalue weighted by Gasteiger charge is -2.19. The molecule has 0 amide bonds. The molecule has 10 heavy (non-hydrogen) atoms. The summed E-state index contributed by atoms with van der Waals surface area (Å²) in [5, 5.41) is 0.395. The van der Waals surface area contributed by atoms with E-state index in [-0.39, 0.29) is 0 Å². The molecule has 0 aromatic rings. The molecule has 54 valence electrons. The molecule has 0 saturated heterocycles. The molecule has 0 aliphatic heterocycles. The van der Waals surface area contributed by atoms with Crippen molar-refractivity contribution in [3.8, 4) is 0 Å². The van der Waals surface area contributed by atoms with Crippen LogP contribution in [0.3, 0.4) is 0 Å². The van der Waals surface area contributed by atoms with Crippen molar-refractivity contribution in [3.63, 3.8) is 0 Å². The topological polar surface area (TPSA) is 17.1 Å². The van der Waals surface area contributed by atoms with E-state index in [9.17, 15) is 4.79 Å². The first-order valence-electron chi connectivity index (χ1n) is 2.87. The number of alkyl halides is 1. The highest BCUT2D eigenvalue weighted by molar-refractivity contribution is 6.44. The van der Waals surface area contributed by atoms with E-state index in [0.717, 1.165) is 0 Å². The lowest BCUT2D eigenvalue weighted by molar-refractivity contribution is -0.109. The van der Waals surface area contributed by atoms with Crippen LogP contribution in [0.5, 0.6) is 0 Å². The Morgan fingerprint density at radius 3 is 2.80 bits per heavy atom. The van der Waals surface area contributed by atoms with Crippen molar-refractivity contribution in [2.45, 2.75) is 11.3 Å². The Kier molecular flexibility index (Phi) is 2.17. The van der Waals surface area contributed by atoms with Crippen molar-refractivity contribution in [2.75, 3.05) is 0 Å². The van der Waals surface area contributed by atoms with Crippen molar-refractivity contribution in [2.24, 2.45) is 0 Å². The summed E-state index contributed by atoms with van der Waals surface area (Å²) >= 11 is 11.5. The maximum atomic E-state index is 10.4. The fraction of sp³-hybridized carbons (Fsp3) is 0.286. The predicted octanol–water partition coefficient (Wildman–Crippen LogP) is 2.25. The minimum atomic E-state index is -0.990. The van der Waals surface area contributed by atoms with Gasteiger partial charge in [-0.3, -0.25) is 0 Å². The van der Waals surface area contributed by atoms with E-state index in [2.05, 4.69) is 0 Å². The van der Waals surface area contributed by atoms with Crippen LogP contribution in [0.4, 0.5) is 0 Å². The number of hydrogen-bond acceptors (Lipinski definition) is 1. The van der Waals surface area contributed by atoms with Gasteiger partial charge in [0.15, 0.2) is 0 Å². The molecule has 1 aliphatic carbocycles. The standard InChI is InChI=1S/C7H6Cl2O/c8-6-3-1-2-4-7(6,9)5-10/h1-3,5H,4H2. The molecule has 1 nitrogen and oxygen atoms in total. The predicted molar refractivity (Wildman–Crippen MR) is 42.3 cm³/mol. The molecule has 1 atom stereocenters. The van der Waals surface area contributed by atoms with Gasteiger partial charge < -0.3 is 4.79 Å². The van der Waals surface area contributed by atoms with Crippen LogP contribution < -0.4 is 0 Å². The molecule has 0 saturated carbocycles. The number of aldehydes is 1. The third-order valence-corrected chi connectivity index (χ3v) is 2.38. The van der Waals surface area contributed by atoms with Gasteiger partial charge in [-0.2, -0.15) is 0 Å². The quantitative estimate of drug-likeness (QED) is 0.443. The summed E-state index contributed by atoms with van der Waals surface area (Å²) in [5.41, 5.74) is 0. The van der Waals surface area contributed by atoms with E-state index >= 15 is 0 Å². The Labute approximate surface area is 69.3 Å². The summed E-state index contributed by atoms with van der Waals surface area (Å²) in [6.45, 7) is 0. The largest absolute Gasteiger partial charge is 0.301 e. The van der Waals surface area contributed by atoms with Crippen molar-refractivity contribution in [3.05, 3.63) is 23.3 Å². The van der Waals surface area contributed by atoms with Crippen LogP contribution in [0, 0.1) is 0 Å². The Morgan fingerprint density at radius 1 is 1.70 bits per heavy atom. The molecule has 0 heterocycles. The van der Waals surface area contributed by atoms with Crippen LogP contribution in [0.25, 0.3) is 0 Å². The van der Waals surface area contributed by atoms with E-state index in [1.165, 1.54) is 0 Å². The summed E-state index contributed by atoms with van der Waals surface area (Å²) in [5.74, 6) is 0. The molecular weight excluding hydrogens is 171 g/mol. The summed E-state index contributed by atoms with van der Waals surface area (Å²) in [6, 6.07) is 0. The van der Waals surface area contributed by atoms with E-state index in [1.807, 2.05) is 6.08 Å². The van der Waals surface area contributed by atoms with Crippen LogP contribution in [-0.2, 0) is 4.79 Å². The highest BCUT2D eigenvalue weighted by atomic mass is 35.5. The SMILES string of the molecule is O=CC1(Cl)CC=CC=C1Cl. The Morgan fingerprint density at radius 2 is 2.40 bits per heavy atom. The number of rotatable bonds is 1. The van der Waals surface area contributed by atoms with Gasteiger partial charge in [0.25, 0.3) is 0 Å². The summed E-state index contributed by atoms with van der Waals surface area (Å²) in [6.07, 6.45) is 6.37. The normalized spacial score (nSPS) is 31.6. The molecule has 0 spiro atoms. The second-order valence-corrected chi connectivity index (χ2v) is 3.21. The van der Waals surface area contributed by atoms with Gasteiger partial charge in [-0.25, -0.2) is 0 Å². The molecular formula is C7H6Cl2O. The van der Waals surface area contributed by atoms with Gasteiger partial charge in [0.05, 0.1) is 0 Å². The fourth-order valence-electron chi connectivity index (χ4n) is 0.733. The average molecular weight is 177 g/mol. The number of carbonyl (C=O) groups is 1. The third-order valence-electron chi connectivity index (χ3n) is 1.38. The van der Waals surface area contributed by atoms with E-state index in [1.54, 1.807) is 12.2 Å². The molecule has 1 unspecified atom stereocenters. The third kappa shape index (κ3) is 1.25. The van der Waals surface area contributed by atoms with E-state index < -0.39 is 4.87 Å². The number of allylic oxidation sites excluding steroid dienone is 4. The van der Waals surface area contributed by atoms with Crippen molar-refractivity contribution >= 4 is 29.5 Å². The lowest BCUT2D eigenvalue weighted by Crippen LogP contribution is -2.24. The van der Waals surface area contributed by atoms with Crippen LogP contribution in [-0.4, -0.2) is 11.2 Å². The first kappa shape index (κ1) is 7.83. The van der Waals surface area contributed by atoms with Crippen molar-refractivity contribution in [1.29, 1.82) is 0 Å². The maximum absolute atomic E-state index is 10.4. The second kappa shape index (κ2) is 2.77. The molecule has 3 heteroatoms. The fourth-order valence-corrected chi connectivity index (χ4v) is 1.08. The first-order chi connectivity index (χ1) is 4.69. The molecule has 0 radical (unpaired) electrons. The first-order valence-corrected chi connectivity index (χ1v) is 3.63. The van der Waals surface area contributed by atoms with E-state index in [0.29, 0.717) is 17.7 Å². The molecule has 0 fully saturated rings. The van der Waals surface area contributed by atoms with Crippen molar-refractivity contribution < 1.29 is 4.79 Å². The van der Waals surface area contributed by atoms with Crippen molar-refractivity contribution in [1.82, 2.24) is 0 Å². The molecule has 1 rings (SSSR count). The smallest absolute Gasteiger partial charge is 0.146 e. The molecule has 0 aromatic carbocycles. The zero-order valence-corrected chi connectivity index (χ0v) is 6.69. The van der Waals surface area contributed by atoms with Crippen LogP contribution in [0.1, 0.15) is 6.42 Å². The highest BCUT2D eigenvalue weighted by Crippen LogP contribution is 2.32. The number of carbonyl (C=O) groups excluding carboxylic acids is 1. The van der Waals surface area contributed by atoms with Crippen LogP contribution >= 0.6 is 23.2 Å². The van der Waals surface area contributed by atoms with Gasteiger partial charge in [0.1, 0.15) is 11.2 Å². The Balaban J connectivity index is 2.91. The maximum Gasteiger partial charge on any atom is 0.146 e. The summed E-state index contributed by atoms with van der Waals surface area (Å²) < 4.78 is 0. The van der Waals surface area contributed by atoms with Gasteiger partial charge in [0.2, 0.25) is 0 Å². The van der Waals surface area contributed by atoms with Gasteiger partial charge in [-0.05, 0) is 12.5 Å². The Bertz CT molecular complexity index is 208. The van der Waals surface area contributed by atoms with Gasteiger partial charge in [0, 0.05) is 5.03 Å². The van der Waals surface area contributed by atoms with Gasteiger partial charge in [-0.15, -0.1) is 11.6 Å². The minimum Gasteiger partial charge on any atom is -0.301 e. The lowest BCUT2D eigenvalue weighted by atomic mass is 10.0. The van der Waals surface area contributed by atoms with Crippen LogP contribution in [0.2, 0.25) is 0 Å². The average Bonchev–Trinajstić information content (AvgIpc) is 1.96. The number of halogens is 2. The highest BCUT2D eigenvalue weighted by Gasteiger charge is 2.30. The second-order valence-electron chi connectivity index (χ2n) is 2.13. The zero-order valence-electron chi connectivity index (χ0n) is 5.18. The molecule has 0 aromatic heterocycles. The zero-order chi connectivity index (χ0) is 7.61. The molecule has 0 N–H and O–H groups in total.